The van der Waals surface area contributed by atoms with E-state index < -0.39 is 0 Å². The molecule has 1 saturated carbocycles. The predicted molar refractivity (Wildman–Crippen MR) is 73.6 cm³/mol. The highest BCUT2D eigenvalue weighted by Gasteiger charge is 2.18. The summed E-state index contributed by atoms with van der Waals surface area (Å²) in [5.74, 6) is 0.921. The maximum Gasteiger partial charge on any atom is 0.126 e. The fraction of sp³-hybridized carbons (Fsp3) is 0.643. The van der Waals surface area contributed by atoms with Gasteiger partial charge in [-0.3, -0.25) is 0 Å². The second kappa shape index (κ2) is 6.71. The average Bonchev–Trinajstić information content (AvgIpc) is 2.37. The van der Waals surface area contributed by atoms with Crippen LogP contribution in [0.3, 0.4) is 0 Å². The summed E-state index contributed by atoms with van der Waals surface area (Å²) in [6.45, 7) is 3.60. The van der Waals surface area contributed by atoms with Gasteiger partial charge < -0.3 is 15.8 Å². The molecule has 1 aliphatic rings. The molecule has 18 heavy (non-hydrogen) atoms. The van der Waals surface area contributed by atoms with Crippen LogP contribution in [0.2, 0.25) is 0 Å². The number of aryl methyl sites for hydroxylation is 1. The molecule has 1 aromatic heterocycles. The summed E-state index contributed by atoms with van der Waals surface area (Å²) in [5.41, 5.74) is 7.08. The first-order valence-corrected chi connectivity index (χ1v) is 6.78. The Morgan fingerprint density at radius 1 is 1.39 bits per heavy atom. The molecule has 1 heterocycles. The topological polar surface area (TPSA) is 60.2 Å². The van der Waals surface area contributed by atoms with Gasteiger partial charge in [-0.1, -0.05) is 0 Å². The second-order valence-corrected chi connectivity index (χ2v) is 5.05. The number of nitrogens with zero attached hydrogens (tertiary/aromatic N) is 1. The number of aromatic nitrogens is 1. The fourth-order valence-corrected chi connectivity index (χ4v) is 2.29. The summed E-state index contributed by atoms with van der Waals surface area (Å²) in [5, 5.41) is 3.27. The van der Waals surface area contributed by atoms with Crippen LogP contribution in [-0.2, 0) is 4.74 Å². The largest absolute Gasteiger partial charge is 0.376 e. The molecular formula is C14H23N3O. The van der Waals surface area contributed by atoms with Gasteiger partial charge in [0.05, 0.1) is 12.7 Å². The summed E-state index contributed by atoms with van der Waals surface area (Å²) in [6.07, 6.45) is 6.61. The van der Waals surface area contributed by atoms with Gasteiger partial charge in [-0.15, -0.1) is 0 Å². The Morgan fingerprint density at radius 2 is 2.17 bits per heavy atom. The molecule has 0 spiro atoms. The first-order valence-electron chi connectivity index (χ1n) is 6.78. The minimum absolute atomic E-state index is 0.388. The smallest absolute Gasteiger partial charge is 0.126 e. The molecule has 4 heteroatoms. The highest BCUT2D eigenvalue weighted by Crippen LogP contribution is 2.19. The van der Waals surface area contributed by atoms with Crippen molar-refractivity contribution in [3.8, 4) is 0 Å². The Balaban J connectivity index is 1.61. The third-order valence-corrected chi connectivity index (χ3v) is 3.40. The Labute approximate surface area is 109 Å². The normalized spacial score (nSPS) is 23.9. The first-order chi connectivity index (χ1) is 8.74. The predicted octanol–water partition coefficient (Wildman–Crippen LogP) is 2.09. The van der Waals surface area contributed by atoms with Gasteiger partial charge >= 0.3 is 0 Å². The molecule has 1 aromatic rings. The van der Waals surface area contributed by atoms with Crippen molar-refractivity contribution in [1.29, 1.82) is 0 Å². The molecule has 3 N–H and O–H groups in total. The van der Waals surface area contributed by atoms with Crippen molar-refractivity contribution in [3.05, 3.63) is 23.9 Å². The first kappa shape index (κ1) is 13.3. The molecule has 2 rings (SSSR count). The molecule has 0 bridgehead atoms. The number of ether oxygens (including phenoxy) is 1. The number of rotatable bonds is 5. The van der Waals surface area contributed by atoms with E-state index in [1.807, 2.05) is 18.3 Å². The van der Waals surface area contributed by atoms with E-state index in [-0.39, 0.29) is 0 Å². The fourth-order valence-electron chi connectivity index (χ4n) is 2.29. The maximum absolute atomic E-state index is 5.87. The molecule has 0 aliphatic heterocycles. The van der Waals surface area contributed by atoms with Gasteiger partial charge in [0.2, 0.25) is 0 Å². The van der Waals surface area contributed by atoms with Gasteiger partial charge in [-0.05, 0) is 50.3 Å². The van der Waals surface area contributed by atoms with Gasteiger partial charge in [0, 0.05) is 18.8 Å². The maximum atomic E-state index is 5.87. The van der Waals surface area contributed by atoms with E-state index in [9.17, 15) is 0 Å². The average molecular weight is 249 g/mol. The van der Waals surface area contributed by atoms with E-state index in [1.165, 1.54) is 5.56 Å². The number of nitrogens with two attached hydrogens (primary N) is 1. The summed E-state index contributed by atoms with van der Waals surface area (Å²) in [7, 11) is 0. The van der Waals surface area contributed by atoms with Crippen molar-refractivity contribution < 1.29 is 4.74 Å². The Bertz CT molecular complexity index is 362. The van der Waals surface area contributed by atoms with Crippen molar-refractivity contribution >= 4 is 5.82 Å². The molecule has 100 valence electrons. The van der Waals surface area contributed by atoms with Crippen LogP contribution >= 0.6 is 0 Å². The van der Waals surface area contributed by atoms with Crippen LogP contribution in [0.4, 0.5) is 5.82 Å². The van der Waals surface area contributed by atoms with Gasteiger partial charge in [0.1, 0.15) is 5.82 Å². The minimum atomic E-state index is 0.388. The van der Waals surface area contributed by atoms with E-state index in [1.54, 1.807) is 0 Å². The third kappa shape index (κ3) is 4.27. The molecule has 0 unspecified atom stereocenters. The lowest BCUT2D eigenvalue weighted by Gasteiger charge is -2.26. The van der Waals surface area contributed by atoms with Crippen LogP contribution < -0.4 is 11.1 Å². The number of nitrogens with one attached hydrogen (secondary N) is 1. The molecule has 0 radical (unpaired) electrons. The second-order valence-electron chi connectivity index (χ2n) is 5.05. The lowest BCUT2D eigenvalue weighted by molar-refractivity contribution is 0.0313. The van der Waals surface area contributed by atoms with Crippen LogP contribution in [0.1, 0.15) is 31.2 Å². The van der Waals surface area contributed by atoms with Gasteiger partial charge in [-0.25, -0.2) is 4.98 Å². The van der Waals surface area contributed by atoms with Crippen molar-refractivity contribution in [2.24, 2.45) is 5.73 Å². The van der Waals surface area contributed by atoms with Gasteiger partial charge in [-0.2, -0.15) is 0 Å². The Morgan fingerprint density at radius 3 is 2.89 bits per heavy atom. The van der Waals surface area contributed by atoms with Crippen molar-refractivity contribution in [2.45, 2.75) is 44.8 Å². The standard InChI is InChI=1S/C14H23N3O/c1-11-6-7-16-14(10-11)17-8-9-18-13-4-2-12(15)3-5-13/h6-7,10,12-13H,2-5,8-9,15H2,1H3,(H,16,17). The van der Waals surface area contributed by atoms with Crippen LogP contribution in [0.25, 0.3) is 0 Å². The van der Waals surface area contributed by atoms with Crippen LogP contribution in [0, 0.1) is 6.92 Å². The quantitative estimate of drug-likeness (QED) is 0.784. The molecule has 0 atom stereocenters. The summed E-state index contributed by atoms with van der Waals surface area (Å²) < 4.78 is 5.84. The SMILES string of the molecule is Cc1ccnc(NCCOC2CCC(N)CC2)c1. The molecule has 0 aromatic carbocycles. The van der Waals surface area contributed by atoms with E-state index in [2.05, 4.69) is 17.2 Å². The number of anilines is 1. The monoisotopic (exact) mass is 249 g/mol. The number of hydrogen-bond acceptors (Lipinski definition) is 4. The van der Waals surface area contributed by atoms with E-state index >= 15 is 0 Å². The molecule has 0 amide bonds. The summed E-state index contributed by atoms with van der Waals surface area (Å²) in [4.78, 5) is 4.25. The molecule has 4 nitrogen and oxygen atoms in total. The Kier molecular flexibility index (Phi) is 4.96. The Hall–Kier alpha value is -1.13. The van der Waals surface area contributed by atoms with Crippen molar-refractivity contribution in [2.75, 3.05) is 18.5 Å². The molecule has 1 aliphatic carbocycles. The lowest BCUT2D eigenvalue weighted by atomic mass is 9.94. The highest BCUT2D eigenvalue weighted by molar-refractivity contribution is 5.36. The van der Waals surface area contributed by atoms with Crippen molar-refractivity contribution in [3.63, 3.8) is 0 Å². The zero-order valence-electron chi connectivity index (χ0n) is 11.1. The van der Waals surface area contributed by atoms with Crippen molar-refractivity contribution in [1.82, 2.24) is 4.98 Å². The molecule has 0 saturated heterocycles. The number of hydrogen-bond donors (Lipinski definition) is 2. The van der Waals surface area contributed by atoms with E-state index in [0.29, 0.717) is 12.1 Å². The van der Waals surface area contributed by atoms with E-state index in [0.717, 1.165) is 44.7 Å². The molecule has 1 fully saturated rings. The van der Waals surface area contributed by atoms with Gasteiger partial charge in [0.15, 0.2) is 0 Å². The van der Waals surface area contributed by atoms with Gasteiger partial charge in [0.25, 0.3) is 0 Å². The van der Waals surface area contributed by atoms with E-state index in [4.69, 9.17) is 10.5 Å². The summed E-state index contributed by atoms with van der Waals surface area (Å²) in [6, 6.07) is 4.42. The zero-order chi connectivity index (χ0) is 12.8. The van der Waals surface area contributed by atoms with Crippen LogP contribution in [-0.4, -0.2) is 30.3 Å². The molecular weight excluding hydrogens is 226 g/mol. The zero-order valence-corrected chi connectivity index (χ0v) is 11.1. The third-order valence-electron chi connectivity index (χ3n) is 3.40. The number of pyridine rings is 1. The summed E-state index contributed by atoms with van der Waals surface area (Å²) >= 11 is 0. The van der Waals surface area contributed by atoms with Crippen LogP contribution in [0.5, 0.6) is 0 Å². The highest BCUT2D eigenvalue weighted by atomic mass is 16.5. The van der Waals surface area contributed by atoms with Crippen LogP contribution in [0.15, 0.2) is 18.3 Å². The minimum Gasteiger partial charge on any atom is -0.376 e. The lowest BCUT2D eigenvalue weighted by Crippen LogP contribution is -2.31.